The Morgan fingerprint density at radius 3 is 2.44 bits per heavy atom. The SMILES string of the molecule is CC(C)CC[C@H](N)c1cc(I)cc(I)c1O. The quantitative estimate of drug-likeness (QED) is 0.688. The van der Waals surface area contributed by atoms with Crippen LogP contribution in [-0.4, -0.2) is 5.11 Å². The Hall–Kier alpha value is 0.440. The summed E-state index contributed by atoms with van der Waals surface area (Å²) in [6, 6.07) is 3.86. The molecule has 0 aliphatic heterocycles. The molecule has 1 aromatic carbocycles. The molecule has 0 fully saturated rings. The van der Waals surface area contributed by atoms with E-state index >= 15 is 0 Å². The van der Waals surface area contributed by atoms with Gasteiger partial charge >= 0.3 is 0 Å². The van der Waals surface area contributed by atoms with Gasteiger partial charge in [-0.25, -0.2) is 0 Å². The van der Waals surface area contributed by atoms with E-state index in [-0.39, 0.29) is 6.04 Å². The van der Waals surface area contributed by atoms with Gasteiger partial charge in [0.05, 0.1) is 3.57 Å². The Balaban J connectivity index is 2.86. The van der Waals surface area contributed by atoms with Crippen LogP contribution in [0.1, 0.15) is 38.3 Å². The molecule has 2 nitrogen and oxygen atoms in total. The topological polar surface area (TPSA) is 46.2 Å². The average Bonchev–Trinajstić information content (AvgIpc) is 2.19. The molecule has 16 heavy (non-hydrogen) atoms. The molecule has 0 bridgehead atoms. The van der Waals surface area contributed by atoms with E-state index in [1.165, 1.54) is 0 Å². The number of halogens is 2. The number of phenolic OH excluding ortho intramolecular Hbond substituents is 1. The Morgan fingerprint density at radius 2 is 1.88 bits per heavy atom. The maximum atomic E-state index is 9.97. The number of rotatable bonds is 4. The van der Waals surface area contributed by atoms with Crippen LogP contribution < -0.4 is 5.73 Å². The Labute approximate surface area is 124 Å². The first-order valence-electron chi connectivity index (χ1n) is 5.35. The lowest BCUT2D eigenvalue weighted by Gasteiger charge is -2.16. The standard InChI is InChI=1S/C12H17I2NO/c1-7(2)3-4-11(15)9-5-8(13)6-10(14)12(9)16/h5-7,11,16H,3-4,15H2,1-2H3/t11-/m0/s1. The predicted octanol–water partition coefficient (Wildman–Crippen LogP) is 4.04. The van der Waals surface area contributed by atoms with Crippen LogP contribution >= 0.6 is 45.2 Å². The molecule has 0 unspecified atom stereocenters. The second kappa shape index (κ2) is 6.39. The van der Waals surface area contributed by atoms with Crippen molar-refractivity contribution in [2.24, 2.45) is 11.7 Å². The summed E-state index contributed by atoms with van der Waals surface area (Å²) in [6.07, 6.45) is 2.00. The first-order chi connectivity index (χ1) is 7.41. The first kappa shape index (κ1) is 14.5. The molecule has 3 N–H and O–H groups in total. The van der Waals surface area contributed by atoms with Crippen molar-refractivity contribution >= 4 is 45.2 Å². The van der Waals surface area contributed by atoms with E-state index in [0.29, 0.717) is 11.7 Å². The van der Waals surface area contributed by atoms with Crippen molar-refractivity contribution in [1.29, 1.82) is 0 Å². The Morgan fingerprint density at radius 1 is 1.25 bits per heavy atom. The van der Waals surface area contributed by atoms with E-state index < -0.39 is 0 Å². The van der Waals surface area contributed by atoms with Gasteiger partial charge in [0.2, 0.25) is 0 Å². The summed E-state index contributed by atoms with van der Waals surface area (Å²) in [5.74, 6) is 0.993. The van der Waals surface area contributed by atoms with Crippen LogP contribution in [0.25, 0.3) is 0 Å². The maximum absolute atomic E-state index is 9.97. The van der Waals surface area contributed by atoms with Gasteiger partial charge in [-0.3, -0.25) is 0 Å². The van der Waals surface area contributed by atoms with Gasteiger partial charge < -0.3 is 10.8 Å². The van der Waals surface area contributed by atoms with Gasteiger partial charge in [0.25, 0.3) is 0 Å². The fourth-order valence-electron chi connectivity index (χ4n) is 1.54. The van der Waals surface area contributed by atoms with Gasteiger partial charge in [-0.2, -0.15) is 0 Å². The van der Waals surface area contributed by atoms with Crippen LogP contribution in [-0.2, 0) is 0 Å². The summed E-state index contributed by atoms with van der Waals surface area (Å²) in [4.78, 5) is 0. The summed E-state index contributed by atoms with van der Waals surface area (Å²) in [7, 11) is 0. The lowest BCUT2D eigenvalue weighted by molar-refractivity contribution is 0.445. The van der Waals surface area contributed by atoms with Gasteiger partial charge in [0.15, 0.2) is 0 Å². The van der Waals surface area contributed by atoms with Crippen LogP contribution in [0.3, 0.4) is 0 Å². The molecule has 90 valence electrons. The second-order valence-electron chi connectivity index (χ2n) is 4.40. The van der Waals surface area contributed by atoms with Gasteiger partial charge in [0.1, 0.15) is 5.75 Å². The fourth-order valence-corrected chi connectivity index (χ4v) is 3.43. The molecule has 0 amide bonds. The molecular weight excluding hydrogens is 428 g/mol. The first-order valence-corrected chi connectivity index (χ1v) is 7.51. The lowest BCUT2D eigenvalue weighted by Crippen LogP contribution is -2.12. The molecule has 0 spiro atoms. The zero-order chi connectivity index (χ0) is 12.3. The van der Waals surface area contributed by atoms with E-state index in [4.69, 9.17) is 5.73 Å². The second-order valence-corrected chi connectivity index (χ2v) is 6.81. The summed E-state index contributed by atoms with van der Waals surface area (Å²) < 4.78 is 1.99. The van der Waals surface area contributed by atoms with E-state index in [0.717, 1.165) is 25.5 Å². The van der Waals surface area contributed by atoms with Crippen LogP contribution in [0.2, 0.25) is 0 Å². The normalized spacial score (nSPS) is 13.1. The van der Waals surface area contributed by atoms with Crippen molar-refractivity contribution in [2.45, 2.75) is 32.7 Å². The molecule has 0 saturated carbocycles. The third-order valence-electron chi connectivity index (χ3n) is 2.51. The highest BCUT2D eigenvalue weighted by Crippen LogP contribution is 2.32. The molecule has 0 aliphatic rings. The molecule has 0 saturated heterocycles. The third kappa shape index (κ3) is 4.03. The summed E-state index contributed by atoms with van der Waals surface area (Å²) in [5.41, 5.74) is 6.99. The van der Waals surface area contributed by atoms with Crippen molar-refractivity contribution in [3.63, 3.8) is 0 Å². The predicted molar refractivity (Wildman–Crippen MR) is 84.5 cm³/mol. The number of hydrogen-bond donors (Lipinski definition) is 2. The minimum atomic E-state index is -0.0642. The van der Waals surface area contributed by atoms with Crippen molar-refractivity contribution < 1.29 is 5.11 Å². The fraction of sp³-hybridized carbons (Fsp3) is 0.500. The van der Waals surface area contributed by atoms with E-state index in [9.17, 15) is 5.11 Å². The van der Waals surface area contributed by atoms with E-state index in [2.05, 4.69) is 59.0 Å². The zero-order valence-corrected chi connectivity index (χ0v) is 13.8. The molecule has 0 radical (unpaired) electrons. The highest BCUT2D eigenvalue weighted by atomic mass is 127. The number of phenols is 1. The highest BCUT2D eigenvalue weighted by molar-refractivity contribution is 14.1. The van der Waals surface area contributed by atoms with E-state index in [1.807, 2.05) is 12.1 Å². The largest absolute Gasteiger partial charge is 0.506 e. The monoisotopic (exact) mass is 445 g/mol. The zero-order valence-electron chi connectivity index (χ0n) is 9.50. The van der Waals surface area contributed by atoms with Crippen molar-refractivity contribution in [3.8, 4) is 5.75 Å². The number of hydrogen-bond acceptors (Lipinski definition) is 2. The molecule has 1 rings (SSSR count). The highest BCUT2D eigenvalue weighted by Gasteiger charge is 2.14. The molecule has 0 aromatic heterocycles. The molecule has 0 aliphatic carbocycles. The minimum Gasteiger partial charge on any atom is -0.506 e. The third-order valence-corrected chi connectivity index (χ3v) is 3.96. The maximum Gasteiger partial charge on any atom is 0.133 e. The van der Waals surface area contributed by atoms with Gasteiger partial charge in [-0.1, -0.05) is 13.8 Å². The van der Waals surface area contributed by atoms with Gasteiger partial charge in [-0.15, -0.1) is 0 Å². The molecule has 1 atom stereocenters. The number of nitrogens with two attached hydrogens (primary N) is 1. The van der Waals surface area contributed by atoms with Crippen LogP contribution in [0.15, 0.2) is 12.1 Å². The van der Waals surface area contributed by atoms with Crippen LogP contribution in [0.5, 0.6) is 5.75 Å². The molecule has 0 heterocycles. The Bertz CT molecular complexity index is 366. The summed E-state index contributed by atoms with van der Waals surface area (Å²) in [6.45, 7) is 4.37. The molecule has 4 heteroatoms. The van der Waals surface area contributed by atoms with Crippen LogP contribution in [0, 0.1) is 13.1 Å². The van der Waals surface area contributed by atoms with Crippen molar-refractivity contribution in [2.75, 3.05) is 0 Å². The molecule has 1 aromatic rings. The average molecular weight is 445 g/mol. The van der Waals surface area contributed by atoms with Gasteiger partial charge in [-0.05, 0) is 76.1 Å². The lowest BCUT2D eigenvalue weighted by atomic mass is 9.98. The minimum absolute atomic E-state index is 0.0642. The van der Waals surface area contributed by atoms with Crippen molar-refractivity contribution in [1.82, 2.24) is 0 Å². The van der Waals surface area contributed by atoms with Gasteiger partial charge in [0, 0.05) is 15.2 Å². The summed E-state index contributed by atoms with van der Waals surface area (Å²) >= 11 is 4.39. The Kier molecular flexibility index (Phi) is 5.79. The summed E-state index contributed by atoms with van der Waals surface area (Å²) in [5, 5.41) is 9.97. The van der Waals surface area contributed by atoms with E-state index in [1.54, 1.807) is 0 Å². The number of aromatic hydroxyl groups is 1. The smallest absolute Gasteiger partial charge is 0.133 e. The van der Waals surface area contributed by atoms with Crippen molar-refractivity contribution in [3.05, 3.63) is 24.8 Å². The number of benzene rings is 1. The van der Waals surface area contributed by atoms with Crippen LogP contribution in [0.4, 0.5) is 0 Å². The molecular formula is C12H17I2NO.